The number of aromatic nitrogens is 4. The van der Waals surface area contributed by atoms with Gasteiger partial charge < -0.3 is 73.8 Å². The lowest BCUT2D eigenvalue weighted by Crippen LogP contribution is -2.46. The average molecular weight is 822 g/mol. The Morgan fingerprint density at radius 1 is 1.13 bits per heavy atom. The number of ether oxygens (including phenoxy) is 1. The molecule has 0 saturated carbocycles. The first-order chi connectivity index (χ1) is 24.2. The number of phosphoric ester groups is 3. The summed E-state index contributed by atoms with van der Waals surface area (Å²) >= 11 is 0.949. The minimum Gasteiger partial charge on any atom is -0.790 e. The highest BCUT2D eigenvalue weighted by atomic mass is 32.2. The first-order valence-electron chi connectivity index (χ1n) is 14.3. The van der Waals surface area contributed by atoms with Crippen LogP contribution in [0.4, 0.5) is 5.82 Å². The quantitative estimate of drug-likeness (QED) is 0.0478. The number of anilines is 1. The first-order valence-corrected chi connectivity index (χ1v) is 19.8. The zero-order valence-corrected chi connectivity index (χ0v) is 30.6. The van der Waals surface area contributed by atoms with Crippen LogP contribution in [0.15, 0.2) is 12.7 Å². The molecule has 1 aliphatic rings. The number of nitrogens with two attached hydrogens (primary N) is 1. The number of fused-ring (bicyclic) bond motifs is 1. The molecule has 2 aromatic heterocycles. The van der Waals surface area contributed by atoms with Crippen LogP contribution in [0.5, 0.6) is 0 Å². The van der Waals surface area contributed by atoms with Crippen LogP contribution in [0.1, 0.15) is 26.5 Å². The molecule has 294 valence electrons. The third kappa shape index (κ3) is 13.6. The fourth-order valence-electron chi connectivity index (χ4n) is 4.21. The molecule has 0 radical (unpaired) electrons. The van der Waals surface area contributed by atoms with E-state index in [0.717, 1.165) is 29.0 Å². The molecule has 52 heavy (non-hydrogen) atoms. The Hall–Kier alpha value is -2.77. The minimum atomic E-state index is -5.90. The van der Waals surface area contributed by atoms with Crippen LogP contribution >= 0.6 is 35.2 Å². The summed E-state index contributed by atoms with van der Waals surface area (Å²) in [6.45, 7) is 2.12. The van der Waals surface area contributed by atoms with E-state index in [0.29, 0.717) is 11.4 Å². The Morgan fingerprint density at radius 3 is 2.42 bits per heavy atom. The van der Waals surface area contributed by atoms with E-state index in [1.54, 1.807) is 0 Å². The molecule has 0 bridgehead atoms. The maximum absolute atomic E-state index is 12.4. The normalized spacial score (nSPS) is 22.0. The van der Waals surface area contributed by atoms with Crippen molar-refractivity contribution >= 4 is 76.4 Å². The lowest BCUT2D eigenvalue weighted by molar-refractivity contribution is -0.347. The number of hydrogen-bond donors (Lipinski definition) is 5. The molecule has 0 aromatic carbocycles. The van der Waals surface area contributed by atoms with Crippen molar-refractivity contribution < 1.29 is 85.3 Å². The van der Waals surface area contributed by atoms with Gasteiger partial charge in [-0.05, 0) is 0 Å². The van der Waals surface area contributed by atoms with Crippen molar-refractivity contribution in [2.75, 3.05) is 37.8 Å². The summed E-state index contributed by atoms with van der Waals surface area (Å²) in [5.74, 6) is -1.20. The van der Waals surface area contributed by atoms with Gasteiger partial charge >= 0.3 is 0 Å². The summed E-state index contributed by atoms with van der Waals surface area (Å²) in [5, 5.41) is 25.9. The molecular formula is C23H34N7O18P3S-4. The van der Waals surface area contributed by atoms with Crippen LogP contribution in [-0.4, -0.2) is 110 Å². The smallest absolute Gasteiger partial charge is 0.274 e. The van der Waals surface area contributed by atoms with Gasteiger partial charge in [0.15, 0.2) is 23.3 Å². The molecule has 0 aliphatic carbocycles. The number of aliphatic hydroxyl groups is 2. The Balaban J connectivity index is 0.00000460. The highest BCUT2D eigenvalue weighted by molar-refractivity contribution is 8.11. The van der Waals surface area contributed by atoms with Crippen molar-refractivity contribution in [1.29, 1.82) is 0 Å². The number of imidazole rings is 1. The van der Waals surface area contributed by atoms with Crippen LogP contribution in [0.25, 0.3) is 11.2 Å². The molecule has 25 nitrogen and oxygen atoms in total. The molecule has 2 aromatic rings. The maximum Gasteiger partial charge on any atom is 0.274 e. The number of nitrogens with one attached hydrogen (secondary N) is 2. The van der Waals surface area contributed by atoms with E-state index in [1.807, 2.05) is 6.79 Å². The lowest BCUT2D eigenvalue weighted by atomic mass is 9.87. The third-order valence-corrected chi connectivity index (χ3v) is 10.3. The molecule has 29 heteroatoms. The molecule has 3 rings (SSSR count). The van der Waals surface area contributed by atoms with Crippen molar-refractivity contribution in [2.24, 2.45) is 5.41 Å². The second-order valence-electron chi connectivity index (χ2n) is 11.0. The summed E-state index contributed by atoms with van der Waals surface area (Å²) < 4.78 is 60.1. The summed E-state index contributed by atoms with van der Waals surface area (Å²) in [7, 11) is -17.6. The molecule has 7 atom stereocenters. The summed E-state index contributed by atoms with van der Waals surface area (Å²) in [6, 6.07) is 0. The van der Waals surface area contributed by atoms with E-state index in [-0.39, 0.29) is 36.5 Å². The number of hydrogen-bond acceptors (Lipinski definition) is 23. The van der Waals surface area contributed by atoms with Gasteiger partial charge in [0.25, 0.3) is 15.6 Å². The molecule has 6 N–H and O–H groups in total. The van der Waals surface area contributed by atoms with Gasteiger partial charge in [-0.15, -0.1) is 0 Å². The Labute approximate surface area is 298 Å². The topological polar surface area (TPSA) is 392 Å². The number of nitrogens with zero attached hydrogens (tertiary/aromatic N) is 4. The number of aliphatic hydroxyl groups excluding tert-OH is 2. The highest BCUT2D eigenvalue weighted by Crippen LogP contribution is 2.56. The summed E-state index contributed by atoms with van der Waals surface area (Å²) in [5.41, 5.74) is 4.68. The van der Waals surface area contributed by atoms with Crippen LogP contribution in [0.2, 0.25) is 0 Å². The van der Waals surface area contributed by atoms with Crippen molar-refractivity contribution in [3.63, 3.8) is 0 Å². The van der Waals surface area contributed by atoms with Crippen molar-refractivity contribution in [1.82, 2.24) is 30.2 Å². The Morgan fingerprint density at radius 2 is 1.79 bits per heavy atom. The predicted molar refractivity (Wildman–Crippen MR) is 167 cm³/mol. The van der Waals surface area contributed by atoms with Gasteiger partial charge in [-0.25, -0.2) is 19.3 Å². The van der Waals surface area contributed by atoms with Crippen molar-refractivity contribution in [2.45, 2.75) is 50.9 Å². The number of rotatable bonds is 20. The van der Waals surface area contributed by atoms with Crippen molar-refractivity contribution in [3.8, 4) is 0 Å². The molecule has 3 heterocycles. The zero-order valence-electron chi connectivity index (χ0n) is 27.1. The largest absolute Gasteiger partial charge is 0.790 e. The number of phosphoric acid groups is 3. The molecular weight excluding hydrogens is 787 g/mol. The van der Waals surface area contributed by atoms with E-state index in [9.17, 15) is 57.9 Å². The Bertz CT molecular complexity index is 1680. The van der Waals surface area contributed by atoms with Gasteiger partial charge in [0.2, 0.25) is 11.8 Å². The minimum absolute atomic E-state index is 0.0209. The van der Waals surface area contributed by atoms with Gasteiger partial charge in [-0.3, -0.25) is 28.1 Å². The molecule has 1 saturated heterocycles. The summed E-state index contributed by atoms with van der Waals surface area (Å²) in [6.07, 6.45) is -7.55. The van der Waals surface area contributed by atoms with Gasteiger partial charge in [0.05, 0.1) is 27.4 Å². The molecule has 7 unspecified atom stereocenters. The van der Waals surface area contributed by atoms with E-state index in [1.165, 1.54) is 13.8 Å². The van der Waals surface area contributed by atoms with Crippen LogP contribution in [0.3, 0.4) is 0 Å². The fourth-order valence-corrected chi connectivity index (χ4v) is 7.27. The van der Waals surface area contributed by atoms with Gasteiger partial charge in [-0.1, -0.05) is 25.6 Å². The lowest BCUT2D eigenvalue weighted by Gasteiger charge is -2.36. The molecule has 0 spiro atoms. The third-order valence-electron chi connectivity index (χ3n) is 6.66. The van der Waals surface area contributed by atoms with E-state index < -0.39 is 84.6 Å². The number of carbonyl (C=O) groups is 4. The van der Waals surface area contributed by atoms with Crippen LogP contribution < -0.4 is 35.9 Å². The van der Waals surface area contributed by atoms with E-state index in [2.05, 4.69) is 43.5 Å². The predicted octanol–water partition coefficient (Wildman–Crippen LogP) is -4.38. The number of carbonyl (C=O) groups excluding carboxylic acids is 4. The molecule has 1 aliphatic heterocycles. The SMILES string of the molecule is C=O.CC(C)(COP(=O)([O-])OP(=O)([O-])OCC1OC(n2cnc3c(N)ncnc32)C(O)C1OP(=O)([O-])[O-])C(O)C(=O)NCCC(=O)NCCSC=O. The van der Waals surface area contributed by atoms with Gasteiger partial charge in [-0.2, -0.15) is 0 Å². The van der Waals surface area contributed by atoms with Gasteiger partial charge in [0, 0.05) is 30.7 Å². The zero-order chi connectivity index (χ0) is 39.5. The standard InChI is InChI=1S/C22H36N7O17P3S.CH2O/c1-22(2,17(33)20(34)25-4-3-13(31)24-5-6-50-11-30)8-43-49(40,41)46-48(38,39)42-7-12-16(45-47(35,36)37)15(32)21(44-12)29-10-28-14-18(23)26-9-27-19(14)29;1-2/h9-12,15-17,21,32-33H,3-8H2,1-2H3,(H,24,31)(H,25,34)(H,38,39)(H,40,41)(H2,23,26,27)(H2,35,36,37);1H2/p-4. The number of amides is 2. The van der Waals surface area contributed by atoms with Gasteiger partial charge in [0.1, 0.15) is 43.0 Å². The fraction of sp³-hybridized carbons (Fsp3) is 0.609. The summed E-state index contributed by atoms with van der Waals surface area (Å²) in [4.78, 5) is 102. The monoisotopic (exact) mass is 821 g/mol. The highest BCUT2D eigenvalue weighted by Gasteiger charge is 2.47. The average Bonchev–Trinajstić information content (AvgIpc) is 3.62. The second kappa shape index (κ2) is 19.5. The molecule has 2 amide bonds. The molecule has 1 fully saturated rings. The first kappa shape index (κ1) is 45.4. The van der Waals surface area contributed by atoms with Crippen molar-refractivity contribution in [3.05, 3.63) is 12.7 Å². The van der Waals surface area contributed by atoms with E-state index in [4.69, 9.17) is 15.3 Å². The van der Waals surface area contributed by atoms with E-state index >= 15 is 0 Å². The van der Waals surface area contributed by atoms with Crippen LogP contribution in [0, 0.1) is 5.41 Å². The number of thioether (sulfide) groups is 1. The Kier molecular flexibility index (Phi) is 17.0. The number of nitrogen functional groups attached to an aromatic ring is 1. The maximum atomic E-state index is 12.4. The van der Waals surface area contributed by atoms with Crippen LogP contribution in [-0.2, 0) is 55.5 Å². The second-order valence-corrected chi connectivity index (χ2v) is 15.9.